The third-order valence-electron chi connectivity index (χ3n) is 3.26. The van der Waals surface area contributed by atoms with Crippen LogP contribution in [-0.4, -0.2) is 10.7 Å². The Morgan fingerprint density at radius 1 is 1.50 bits per heavy atom. The van der Waals surface area contributed by atoms with E-state index in [2.05, 4.69) is 19.9 Å². The standard InChI is InChI=1S/C11H18O/c1-8(2)7-11(12)5-3-4-9-6-10(9)11/h7,9-10,12H,3-6H2,1-2H3. The van der Waals surface area contributed by atoms with E-state index < -0.39 is 5.60 Å². The Hall–Kier alpha value is -0.300. The summed E-state index contributed by atoms with van der Waals surface area (Å²) in [5.74, 6) is 1.44. The first-order valence-corrected chi connectivity index (χ1v) is 5.00. The van der Waals surface area contributed by atoms with Crippen molar-refractivity contribution in [3.8, 4) is 0 Å². The van der Waals surface area contributed by atoms with Gasteiger partial charge in [-0.3, -0.25) is 0 Å². The highest BCUT2D eigenvalue weighted by atomic mass is 16.3. The molecule has 2 fully saturated rings. The summed E-state index contributed by atoms with van der Waals surface area (Å²) in [7, 11) is 0. The Balaban J connectivity index is 2.14. The minimum absolute atomic E-state index is 0.429. The molecule has 3 unspecified atom stereocenters. The first-order chi connectivity index (χ1) is 5.62. The van der Waals surface area contributed by atoms with Crippen molar-refractivity contribution in [1.29, 1.82) is 0 Å². The Labute approximate surface area is 74.5 Å². The molecular formula is C11H18O. The number of aliphatic hydroxyl groups is 1. The van der Waals surface area contributed by atoms with E-state index in [4.69, 9.17) is 0 Å². The molecule has 2 aliphatic carbocycles. The minimum Gasteiger partial charge on any atom is -0.385 e. The number of rotatable bonds is 1. The lowest BCUT2D eigenvalue weighted by atomic mass is 9.83. The SMILES string of the molecule is CC(C)=CC1(O)CCCC2CC21. The summed E-state index contributed by atoms with van der Waals surface area (Å²) in [5.41, 5.74) is 0.826. The Kier molecular flexibility index (Phi) is 1.80. The Morgan fingerprint density at radius 3 is 2.92 bits per heavy atom. The van der Waals surface area contributed by atoms with E-state index in [0.29, 0.717) is 5.92 Å². The van der Waals surface area contributed by atoms with Gasteiger partial charge in [0, 0.05) is 0 Å². The van der Waals surface area contributed by atoms with Crippen LogP contribution in [0, 0.1) is 11.8 Å². The minimum atomic E-state index is -0.429. The summed E-state index contributed by atoms with van der Waals surface area (Å²) in [4.78, 5) is 0. The zero-order valence-corrected chi connectivity index (χ0v) is 8.01. The molecule has 12 heavy (non-hydrogen) atoms. The van der Waals surface area contributed by atoms with Gasteiger partial charge >= 0.3 is 0 Å². The van der Waals surface area contributed by atoms with Crippen LogP contribution < -0.4 is 0 Å². The molecule has 1 N–H and O–H groups in total. The average molecular weight is 166 g/mol. The largest absolute Gasteiger partial charge is 0.385 e. The van der Waals surface area contributed by atoms with Crippen molar-refractivity contribution >= 4 is 0 Å². The summed E-state index contributed by atoms with van der Waals surface area (Å²) in [6.07, 6.45) is 6.89. The Morgan fingerprint density at radius 2 is 2.25 bits per heavy atom. The van der Waals surface area contributed by atoms with E-state index >= 15 is 0 Å². The van der Waals surface area contributed by atoms with Crippen molar-refractivity contribution in [2.75, 3.05) is 0 Å². The van der Waals surface area contributed by atoms with Crippen molar-refractivity contribution in [2.24, 2.45) is 11.8 Å². The zero-order valence-electron chi connectivity index (χ0n) is 8.01. The molecule has 0 bridgehead atoms. The van der Waals surface area contributed by atoms with Crippen molar-refractivity contribution in [1.82, 2.24) is 0 Å². The molecule has 1 nitrogen and oxygen atoms in total. The van der Waals surface area contributed by atoms with Crippen LogP contribution in [-0.2, 0) is 0 Å². The predicted molar refractivity (Wildman–Crippen MR) is 49.8 cm³/mol. The van der Waals surface area contributed by atoms with Crippen LogP contribution in [0.5, 0.6) is 0 Å². The lowest BCUT2D eigenvalue weighted by Crippen LogP contribution is -2.32. The highest BCUT2D eigenvalue weighted by Gasteiger charge is 2.52. The van der Waals surface area contributed by atoms with E-state index in [0.717, 1.165) is 12.3 Å². The van der Waals surface area contributed by atoms with E-state index in [1.807, 2.05) is 0 Å². The number of hydrogen-bond donors (Lipinski definition) is 1. The lowest BCUT2D eigenvalue weighted by Gasteiger charge is -2.29. The fraction of sp³-hybridized carbons (Fsp3) is 0.818. The van der Waals surface area contributed by atoms with Gasteiger partial charge in [0.2, 0.25) is 0 Å². The van der Waals surface area contributed by atoms with Gasteiger partial charge in [-0.2, -0.15) is 0 Å². The van der Waals surface area contributed by atoms with Gasteiger partial charge in [0.1, 0.15) is 0 Å². The average Bonchev–Trinajstić information content (AvgIpc) is 2.64. The molecule has 0 aromatic rings. The lowest BCUT2D eigenvalue weighted by molar-refractivity contribution is 0.0356. The topological polar surface area (TPSA) is 20.2 Å². The van der Waals surface area contributed by atoms with Crippen LogP contribution in [0.25, 0.3) is 0 Å². The highest BCUT2D eigenvalue weighted by Crippen LogP contribution is 2.55. The van der Waals surface area contributed by atoms with Crippen molar-refractivity contribution in [2.45, 2.75) is 45.1 Å². The van der Waals surface area contributed by atoms with Crippen LogP contribution in [0.4, 0.5) is 0 Å². The van der Waals surface area contributed by atoms with Gasteiger partial charge in [0.15, 0.2) is 0 Å². The van der Waals surface area contributed by atoms with Crippen molar-refractivity contribution in [3.05, 3.63) is 11.6 Å². The normalized spacial score (nSPS) is 44.9. The monoisotopic (exact) mass is 166 g/mol. The van der Waals surface area contributed by atoms with Crippen LogP contribution in [0.2, 0.25) is 0 Å². The third kappa shape index (κ3) is 1.31. The molecule has 0 spiro atoms. The first-order valence-electron chi connectivity index (χ1n) is 5.00. The fourth-order valence-corrected chi connectivity index (χ4v) is 2.69. The van der Waals surface area contributed by atoms with Crippen LogP contribution in [0.15, 0.2) is 11.6 Å². The predicted octanol–water partition coefficient (Wildman–Crippen LogP) is 2.50. The molecule has 0 saturated heterocycles. The van der Waals surface area contributed by atoms with Gasteiger partial charge in [-0.05, 0) is 51.4 Å². The molecular weight excluding hydrogens is 148 g/mol. The maximum absolute atomic E-state index is 10.3. The van der Waals surface area contributed by atoms with Crippen LogP contribution >= 0.6 is 0 Å². The molecule has 1 heteroatoms. The van der Waals surface area contributed by atoms with Gasteiger partial charge in [-0.1, -0.05) is 11.6 Å². The van der Waals surface area contributed by atoms with Crippen LogP contribution in [0.1, 0.15) is 39.5 Å². The summed E-state index contributed by atoms with van der Waals surface area (Å²) in [5, 5.41) is 10.3. The molecule has 0 aromatic carbocycles. The summed E-state index contributed by atoms with van der Waals surface area (Å²) >= 11 is 0. The summed E-state index contributed by atoms with van der Waals surface area (Å²) in [6.45, 7) is 4.15. The second-order valence-corrected chi connectivity index (χ2v) is 4.71. The molecule has 0 radical (unpaired) electrons. The molecule has 68 valence electrons. The van der Waals surface area contributed by atoms with Gasteiger partial charge in [0.25, 0.3) is 0 Å². The maximum Gasteiger partial charge on any atom is 0.0860 e. The van der Waals surface area contributed by atoms with Crippen molar-refractivity contribution < 1.29 is 5.11 Å². The quantitative estimate of drug-likeness (QED) is 0.593. The number of hydrogen-bond acceptors (Lipinski definition) is 1. The van der Waals surface area contributed by atoms with E-state index in [-0.39, 0.29) is 0 Å². The van der Waals surface area contributed by atoms with E-state index in [1.54, 1.807) is 0 Å². The maximum atomic E-state index is 10.3. The summed E-state index contributed by atoms with van der Waals surface area (Å²) in [6, 6.07) is 0. The molecule has 2 rings (SSSR count). The number of fused-ring (bicyclic) bond motifs is 1. The molecule has 0 heterocycles. The fourth-order valence-electron chi connectivity index (χ4n) is 2.69. The van der Waals surface area contributed by atoms with Gasteiger partial charge < -0.3 is 5.11 Å². The first kappa shape index (κ1) is 8.31. The summed E-state index contributed by atoms with van der Waals surface area (Å²) < 4.78 is 0. The molecule has 0 aliphatic heterocycles. The Bertz CT molecular complexity index is 215. The van der Waals surface area contributed by atoms with Crippen molar-refractivity contribution in [3.63, 3.8) is 0 Å². The molecule has 0 aromatic heterocycles. The second-order valence-electron chi connectivity index (χ2n) is 4.71. The van der Waals surface area contributed by atoms with Gasteiger partial charge in [-0.25, -0.2) is 0 Å². The zero-order chi connectivity index (χ0) is 8.77. The molecule has 2 aliphatic rings. The smallest absolute Gasteiger partial charge is 0.0860 e. The molecule has 0 amide bonds. The molecule has 2 saturated carbocycles. The van der Waals surface area contributed by atoms with Gasteiger partial charge in [-0.15, -0.1) is 0 Å². The van der Waals surface area contributed by atoms with E-state index in [9.17, 15) is 5.11 Å². The van der Waals surface area contributed by atoms with Gasteiger partial charge in [0.05, 0.1) is 5.60 Å². The molecule has 3 atom stereocenters. The highest BCUT2D eigenvalue weighted by molar-refractivity contribution is 5.17. The van der Waals surface area contributed by atoms with E-state index in [1.165, 1.54) is 24.8 Å². The third-order valence-corrected chi connectivity index (χ3v) is 3.26. The number of allylic oxidation sites excluding steroid dienone is 1. The van der Waals surface area contributed by atoms with Crippen LogP contribution in [0.3, 0.4) is 0 Å². The second kappa shape index (κ2) is 2.59.